The van der Waals surface area contributed by atoms with E-state index in [1.165, 1.54) is 0 Å². The van der Waals surface area contributed by atoms with Gasteiger partial charge in [-0.1, -0.05) is 38.3 Å². The normalized spacial score (nSPS) is 11.5. The number of para-hydroxylation sites is 2. The molecule has 0 radical (unpaired) electrons. The molecule has 8 heteroatoms. The van der Waals surface area contributed by atoms with Gasteiger partial charge in [-0.05, 0) is 25.5 Å². The molecule has 0 N–H and O–H groups in total. The Morgan fingerprint density at radius 2 is 1.54 bits per heavy atom. The zero-order valence-corrected chi connectivity index (χ0v) is 20.5. The summed E-state index contributed by atoms with van der Waals surface area (Å²) in [6.07, 6.45) is 4.31. The van der Waals surface area contributed by atoms with E-state index in [1.54, 1.807) is 24.9 Å². The molecule has 0 atom stereocenters. The van der Waals surface area contributed by atoms with Gasteiger partial charge in [0.1, 0.15) is 28.2 Å². The first kappa shape index (κ1) is 22.8. The van der Waals surface area contributed by atoms with Crippen molar-refractivity contribution in [1.29, 1.82) is 0 Å². The number of nitrogens with zero attached hydrogens (tertiary/aromatic N) is 5. The van der Waals surface area contributed by atoms with Gasteiger partial charge < -0.3 is 9.47 Å². The Bertz CT molecular complexity index is 1580. The highest BCUT2D eigenvalue weighted by Gasteiger charge is 2.22. The van der Waals surface area contributed by atoms with E-state index in [2.05, 4.69) is 6.92 Å². The van der Waals surface area contributed by atoms with Crippen molar-refractivity contribution in [2.24, 2.45) is 0 Å². The number of hydrogen-bond acceptors (Lipinski definition) is 6. The number of benzene rings is 2. The lowest BCUT2D eigenvalue weighted by Crippen LogP contribution is -2.24. The fraction of sp³-hybridized carbons (Fsp3) is 0.333. The third-order valence-electron chi connectivity index (χ3n) is 6.38. The molecule has 3 aromatic heterocycles. The molecule has 5 aromatic rings. The second kappa shape index (κ2) is 9.37. The summed E-state index contributed by atoms with van der Waals surface area (Å²) in [5.74, 6) is 1.93. The van der Waals surface area contributed by atoms with E-state index in [9.17, 15) is 4.79 Å². The minimum absolute atomic E-state index is 0.0906. The average molecular weight is 472 g/mol. The van der Waals surface area contributed by atoms with Gasteiger partial charge in [0.25, 0.3) is 5.56 Å². The Labute approximate surface area is 203 Å². The van der Waals surface area contributed by atoms with Crippen molar-refractivity contribution in [2.75, 3.05) is 14.2 Å². The topological polar surface area (TPSA) is 84.1 Å². The Morgan fingerprint density at radius 3 is 2.20 bits per heavy atom. The van der Waals surface area contributed by atoms with Crippen LogP contribution in [0.4, 0.5) is 0 Å². The third-order valence-corrected chi connectivity index (χ3v) is 6.38. The van der Waals surface area contributed by atoms with Crippen LogP contribution in [0.1, 0.15) is 38.4 Å². The van der Waals surface area contributed by atoms with Crippen LogP contribution in [-0.2, 0) is 6.54 Å². The Balaban J connectivity index is 1.85. The molecule has 35 heavy (non-hydrogen) atoms. The van der Waals surface area contributed by atoms with Crippen LogP contribution in [0.3, 0.4) is 0 Å². The minimum Gasteiger partial charge on any atom is -0.497 e. The van der Waals surface area contributed by atoms with Crippen LogP contribution in [-0.4, -0.2) is 38.3 Å². The van der Waals surface area contributed by atoms with E-state index in [0.29, 0.717) is 46.1 Å². The van der Waals surface area contributed by atoms with Gasteiger partial charge in [-0.25, -0.2) is 15.0 Å². The number of aromatic nitrogens is 5. The molecule has 8 nitrogen and oxygen atoms in total. The van der Waals surface area contributed by atoms with E-state index in [1.807, 2.05) is 47.9 Å². The smallest absolute Gasteiger partial charge is 0.265 e. The van der Waals surface area contributed by atoms with Crippen LogP contribution in [0.5, 0.6) is 11.5 Å². The summed E-state index contributed by atoms with van der Waals surface area (Å²) in [6.45, 7) is 4.69. The van der Waals surface area contributed by atoms with Gasteiger partial charge in [0.2, 0.25) is 0 Å². The maximum absolute atomic E-state index is 13.8. The summed E-state index contributed by atoms with van der Waals surface area (Å²) >= 11 is 0. The van der Waals surface area contributed by atoms with Crippen LogP contribution in [0.25, 0.3) is 38.9 Å². The number of rotatable bonds is 8. The minimum atomic E-state index is -0.0906. The van der Waals surface area contributed by atoms with Crippen LogP contribution in [0, 0.1) is 6.92 Å². The summed E-state index contributed by atoms with van der Waals surface area (Å²) in [5.41, 5.74) is 3.76. The maximum atomic E-state index is 13.8. The van der Waals surface area contributed by atoms with Gasteiger partial charge in [0.15, 0.2) is 11.3 Å². The Kier molecular flexibility index (Phi) is 6.11. The molecular weight excluding hydrogens is 442 g/mol. The quantitative estimate of drug-likeness (QED) is 0.290. The lowest BCUT2D eigenvalue weighted by atomic mass is 10.2. The summed E-state index contributed by atoms with van der Waals surface area (Å²) in [4.78, 5) is 28.6. The second-order valence-corrected chi connectivity index (χ2v) is 8.67. The zero-order chi connectivity index (χ0) is 24.5. The standard InChI is InChI=1S/C27H29N5O3/c1-5-6-7-10-13-31-17(2)28-25-23(27(31)33)24-26(30-22-12-9-8-11-21(22)29-24)32(25)18-14-19(34-3)16-20(15-18)35-4/h8-9,11-12,14-16H,5-7,10,13H2,1-4H3. The van der Waals surface area contributed by atoms with Gasteiger partial charge in [0.05, 0.1) is 30.9 Å². The molecule has 0 amide bonds. The molecule has 0 aliphatic carbocycles. The fourth-order valence-corrected chi connectivity index (χ4v) is 4.56. The van der Waals surface area contributed by atoms with Crippen molar-refractivity contribution < 1.29 is 9.47 Å². The van der Waals surface area contributed by atoms with Gasteiger partial charge >= 0.3 is 0 Å². The molecule has 2 aromatic carbocycles. The maximum Gasteiger partial charge on any atom is 0.265 e. The fourth-order valence-electron chi connectivity index (χ4n) is 4.56. The molecule has 0 saturated heterocycles. The van der Waals surface area contributed by atoms with Crippen LogP contribution >= 0.6 is 0 Å². The number of aryl methyl sites for hydroxylation is 1. The lowest BCUT2D eigenvalue weighted by molar-refractivity contribution is 0.394. The van der Waals surface area contributed by atoms with E-state index in [-0.39, 0.29) is 5.56 Å². The molecule has 3 heterocycles. The van der Waals surface area contributed by atoms with Crippen molar-refractivity contribution in [1.82, 2.24) is 24.1 Å². The SMILES string of the molecule is CCCCCCn1c(C)nc2c(c1=O)c1nc3ccccc3nc1n2-c1cc(OC)cc(OC)c1. The Hall–Kier alpha value is -3.94. The second-order valence-electron chi connectivity index (χ2n) is 8.67. The number of unbranched alkanes of at least 4 members (excludes halogenated alkanes) is 3. The highest BCUT2D eigenvalue weighted by atomic mass is 16.5. The molecule has 0 spiro atoms. The van der Waals surface area contributed by atoms with E-state index < -0.39 is 0 Å². The molecular formula is C27H29N5O3. The number of ether oxygens (including phenoxy) is 2. The van der Waals surface area contributed by atoms with Gasteiger partial charge in [-0.3, -0.25) is 13.9 Å². The number of hydrogen-bond donors (Lipinski definition) is 0. The monoisotopic (exact) mass is 471 g/mol. The number of methoxy groups -OCH3 is 2. The Morgan fingerprint density at radius 1 is 0.857 bits per heavy atom. The first-order chi connectivity index (χ1) is 17.0. The molecule has 0 saturated carbocycles. The number of fused-ring (bicyclic) bond motifs is 4. The van der Waals surface area contributed by atoms with Gasteiger partial charge in [-0.2, -0.15) is 0 Å². The summed E-state index contributed by atoms with van der Waals surface area (Å²) < 4.78 is 14.7. The summed E-state index contributed by atoms with van der Waals surface area (Å²) in [5, 5.41) is 0.473. The van der Waals surface area contributed by atoms with E-state index in [4.69, 9.17) is 24.4 Å². The van der Waals surface area contributed by atoms with Crippen LogP contribution in [0.15, 0.2) is 47.3 Å². The first-order valence-electron chi connectivity index (χ1n) is 12.0. The molecule has 0 bridgehead atoms. The van der Waals surface area contributed by atoms with Crippen molar-refractivity contribution in [3.63, 3.8) is 0 Å². The average Bonchev–Trinajstić information content (AvgIpc) is 3.19. The van der Waals surface area contributed by atoms with Gasteiger partial charge in [-0.15, -0.1) is 0 Å². The van der Waals surface area contributed by atoms with Crippen molar-refractivity contribution in [2.45, 2.75) is 46.1 Å². The predicted molar refractivity (Wildman–Crippen MR) is 138 cm³/mol. The summed E-state index contributed by atoms with van der Waals surface area (Å²) in [7, 11) is 3.22. The molecule has 0 aliphatic rings. The molecule has 0 unspecified atom stereocenters. The summed E-state index contributed by atoms with van der Waals surface area (Å²) in [6, 6.07) is 13.2. The van der Waals surface area contributed by atoms with Crippen molar-refractivity contribution in [3.05, 3.63) is 58.6 Å². The van der Waals surface area contributed by atoms with Crippen molar-refractivity contribution >= 4 is 33.2 Å². The molecule has 5 rings (SSSR count). The largest absolute Gasteiger partial charge is 0.497 e. The van der Waals surface area contributed by atoms with Crippen molar-refractivity contribution in [3.8, 4) is 17.2 Å². The van der Waals surface area contributed by atoms with Crippen LogP contribution in [0.2, 0.25) is 0 Å². The van der Waals surface area contributed by atoms with Gasteiger partial charge in [0, 0.05) is 24.7 Å². The predicted octanol–water partition coefficient (Wildman–Crippen LogP) is 5.19. The highest BCUT2D eigenvalue weighted by Crippen LogP contribution is 2.32. The molecule has 180 valence electrons. The van der Waals surface area contributed by atoms with E-state index >= 15 is 0 Å². The lowest BCUT2D eigenvalue weighted by Gasteiger charge is -2.12. The molecule has 0 fully saturated rings. The van der Waals surface area contributed by atoms with E-state index in [0.717, 1.165) is 42.4 Å². The van der Waals surface area contributed by atoms with Crippen LogP contribution < -0.4 is 15.0 Å². The highest BCUT2D eigenvalue weighted by molar-refractivity contribution is 6.05. The first-order valence-corrected chi connectivity index (χ1v) is 12.0. The zero-order valence-electron chi connectivity index (χ0n) is 20.5. The third kappa shape index (κ3) is 3.99. The molecule has 0 aliphatic heterocycles.